The van der Waals surface area contributed by atoms with Crippen LogP contribution in [-0.2, 0) is 4.74 Å². The number of halogens is 3. The first-order valence-electron chi connectivity index (χ1n) is 6.02. The Morgan fingerprint density at radius 3 is 2.60 bits per heavy atom. The standard InChI is InChI=1S/C12H16F3N3O2/c1-3-18(7-12(13,14)15)10-9(11(19)20-4-2)5-8(16)6-17-10/h5-6H,3-4,7,16H2,1-2H3. The molecule has 20 heavy (non-hydrogen) atoms. The van der Waals surface area contributed by atoms with E-state index in [4.69, 9.17) is 10.5 Å². The van der Waals surface area contributed by atoms with Crippen LogP contribution in [0.3, 0.4) is 0 Å². The first-order valence-corrected chi connectivity index (χ1v) is 6.02. The lowest BCUT2D eigenvalue weighted by molar-refractivity contribution is -0.119. The van der Waals surface area contributed by atoms with Crippen LogP contribution in [0.5, 0.6) is 0 Å². The molecular formula is C12H16F3N3O2. The summed E-state index contributed by atoms with van der Waals surface area (Å²) in [4.78, 5) is 16.6. The molecule has 0 radical (unpaired) electrons. The summed E-state index contributed by atoms with van der Waals surface area (Å²) in [5.41, 5.74) is 5.63. The monoisotopic (exact) mass is 291 g/mol. The molecule has 112 valence electrons. The maximum Gasteiger partial charge on any atom is 0.405 e. The molecule has 0 fully saturated rings. The number of nitrogen functional groups attached to an aromatic ring is 1. The van der Waals surface area contributed by atoms with Gasteiger partial charge in [0.1, 0.15) is 17.9 Å². The summed E-state index contributed by atoms with van der Waals surface area (Å²) in [5, 5.41) is 0. The molecule has 0 bridgehead atoms. The Bertz CT molecular complexity index is 478. The number of alkyl halides is 3. The molecule has 1 aromatic heterocycles. The highest BCUT2D eigenvalue weighted by Crippen LogP contribution is 2.25. The fraction of sp³-hybridized carbons (Fsp3) is 0.500. The van der Waals surface area contributed by atoms with Gasteiger partial charge in [0, 0.05) is 6.54 Å². The molecule has 5 nitrogen and oxygen atoms in total. The molecule has 0 amide bonds. The van der Waals surface area contributed by atoms with Crippen LogP contribution in [-0.4, -0.2) is 36.8 Å². The van der Waals surface area contributed by atoms with Crippen LogP contribution in [0.1, 0.15) is 24.2 Å². The molecule has 1 heterocycles. The van der Waals surface area contributed by atoms with Crippen molar-refractivity contribution in [2.24, 2.45) is 0 Å². The second-order valence-corrected chi connectivity index (χ2v) is 3.99. The summed E-state index contributed by atoms with van der Waals surface area (Å²) in [6, 6.07) is 1.26. The van der Waals surface area contributed by atoms with E-state index in [2.05, 4.69) is 4.98 Å². The van der Waals surface area contributed by atoms with Gasteiger partial charge < -0.3 is 15.4 Å². The SMILES string of the molecule is CCOC(=O)c1cc(N)cnc1N(CC)CC(F)(F)F. The zero-order chi connectivity index (χ0) is 15.3. The van der Waals surface area contributed by atoms with Gasteiger partial charge in [-0.05, 0) is 19.9 Å². The average molecular weight is 291 g/mol. The highest BCUT2D eigenvalue weighted by Gasteiger charge is 2.32. The van der Waals surface area contributed by atoms with Gasteiger partial charge in [0.2, 0.25) is 0 Å². The number of nitrogens with zero attached hydrogens (tertiary/aromatic N) is 2. The minimum Gasteiger partial charge on any atom is -0.462 e. The lowest BCUT2D eigenvalue weighted by Gasteiger charge is -2.25. The van der Waals surface area contributed by atoms with Crippen molar-refractivity contribution in [2.75, 3.05) is 30.3 Å². The molecular weight excluding hydrogens is 275 g/mol. The van der Waals surface area contributed by atoms with E-state index in [0.29, 0.717) is 0 Å². The van der Waals surface area contributed by atoms with Crippen molar-refractivity contribution in [1.82, 2.24) is 4.98 Å². The number of rotatable bonds is 5. The number of esters is 1. The molecule has 0 atom stereocenters. The fourth-order valence-corrected chi connectivity index (χ4v) is 1.64. The van der Waals surface area contributed by atoms with Crippen LogP contribution in [0, 0.1) is 0 Å². The summed E-state index contributed by atoms with van der Waals surface area (Å²) in [5.74, 6) is -0.833. The second-order valence-electron chi connectivity index (χ2n) is 3.99. The van der Waals surface area contributed by atoms with E-state index in [-0.39, 0.29) is 30.2 Å². The van der Waals surface area contributed by atoms with Gasteiger partial charge >= 0.3 is 12.1 Å². The number of anilines is 2. The summed E-state index contributed by atoms with van der Waals surface area (Å²) in [7, 11) is 0. The smallest absolute Gasteiger partial charge is 0.405 e. The lowest BCUT2D eigenvalue weighted by atomic mass is 10.2. The molecule has 0 unspecified atom stereocenters. The Hall–Kier alpha value is -1.99. The third-order valence-corrected chi connectivity index (χ3v) is 2.43. The van der Waals surface area contributed by atoms with Gasteiger partial charge in [-0.3, -0.25) is 0 Å². The van der Waals surface area contributed by atoms with E-state index < -0.39 is 18.7 Å². The Kier molecular flexibility index (Phi) is 5.18. The number of pyridine rings is 1. The van der Waals surface area contributed by atoms with Crippen LogP contribution in [0.4, 0.5) is 24.7 Å². The van der Waals surface area contributed by atoms with Gasteiger partial charge in [-0.1, -0.05) is 0 Å². The molecule has 0 aliphatic heterocycles. The zero-order valence-electron chi connectivity index (χ0n) is 11.2. The third kappa shape index (κ3) is 4.29. The summed E-state index contributed by atoms with van der Waals surface area (Å²) in [6.07, 6.45) is -3.19. The molecule has 0 saturated carbocycles. The third-order valence-electron chi connectivity index (χ3n) is 2.43. The number of carbonyl (C=O) groups is 1. The Morgan fingerprint density at radius 2 is 2.10 bits per heavy atom. The molecule has 8 heteroatoms. The quantitative estimate of drug-likeness (QED) is 0.842. The van der Waals surface area contributed by atoms with Gasteiger partial charge in [0.25, 0.3) is 0 Å². The highest BCUT2D eigenvalue weighted by atomic mass is 19.4. The van der Waals surface area contributed by atoms with Crippen LogP contribution in [0.25, 0.3) is 0 Å². The summed E-state index contributed by atoms with van der Waals surface area (Å²) >= 11 is 0. The van der Waals surface area contributed by atoms with Gasteiger partial charge in [-0.25, -0.2) is 9.78 Å². The molecule has 2 N–H and O–H groups in total. The second kappa shape index (κ2) is 6.44. The maximum absolute atomic E-state index is 12.5. The highest BCUT2D eigenvalue weighted by molar-refractivity contribution is 5.95. The average Bonchev–Trinajstić information content (AvgIpc) is 2.35. The van der Waals surface area contributed by atoms with Crippen molar-refractivity contribution < 1.29 is 22.7 Å². The number of hydrogen-bond donors (Lipinski definition) is 1. The van der Waals surface area contributed by atoms with Crippen molar-refractivity contribution in [3.8, 4) is 0 Å². The van der Waals surface area contributed by atoms with E-state index in [1.165, 1.54) is 12.3 Å². The molecule has 0 aromatic carbocycles. The van der Waals surface area contributed by atoms with Crippen molar-refractivity contribution in [2.45, 2.75) is 20.0 Å². The van der Waals surface area contributed by atoms with Crippen molar-refractivity contribution >= 4 is 17.5 Å². The van der Waals surface area contributed by atoms with Crippen molar-refractivity contribution in [1.29, 1.82) is 0 Å². The van der Waals surface area contributed by atoms with Gasteiger partial charge in [-0.15, -0.1) is 0 Å². The Morgan fingerprint density at radius 1 is 1.45 bits per heavy atom. The van der Waals surface area contributed by atoms with E-state index in [9.17, 15) is 18.0 Å². The van der Waals surface area contributed by atoms with Crippen LogP contribution >= 0.6 is 0 Å². The van der Waals surface area contributed by atoms with Crippen LogP contribution in [0.15, 0.2) is 12.3 Å². The van der Waals surface area contributed by atoms with Crippen molar-refractivity contribution in [3.63, 3.8) is 0 Å². The van der Waals surface area contributed by atoms with Crippen molar-refractivity contribution in [3.05, 3.63) is 17.8 Å². The predicted octanol–water partition coefficient (Wildman–Crippen LogP) is 2.23. The van der Waals surface area contributed by atoms with E-state index in [1.54, 1.807) is 13.8 Å². The number of ether oxygens (including phenoxy) is 1. The number of carbonyl (C=O) groups excluding carboxylic acids is 1. The first-order chi connectivity index (χ1) is 9.28. The molecule has 1 rings (SSSR count). The maximum atomic E-state index is 12.5. The molecule has 0 aliphatic carbocycles. The Balaban J connectivity index is 3.17. The topological polar surface area (TPSA) is 68.5 Å². The van der Waals surface area contributed by atoms with E-state index >= 15 is 0 Å². The number of nitrogens with two attached hydrogens (primary N) is 1. The number of hydrogen-bond acceptors (Lipinski definition) is 5. The normalized spacial score (nSPS) is 11.2. The van der Waals surface area contributed by atoms with Gasteiger partial charge in [0.15, 0.2) is 0 Å². The van der Waals surface area contributed by atoms with Gasteiger partial charge in [-0.2, -0.15) is 13.2 Å². The predicted molar refractivity (Wildman–Crippen MR) is 68.5 cm³/mol. The van der Waals surface area contributed by atoms with Crippen LogP contribution in [0.2, 0.25) is 0 Å². The minimum absolute atomic E-state index is 0.0445. The summed E-state index contributed by atoms with van der Waals surface area (Å²) in [6.45, 7) is 2.09. The first kappa shape index (κ1) is 16.1. The number of aromatic nitrogens is 1. The fourth-order valence-electron chi connectivity index (χ4n) is 1.64. The van der Waals surface area contributed by atoms with E-state index in [1.807, 2.05) is 0 Å². The molecule has 0 saturated heterocycles. The molecule has 0 aliphatic rings. The van der Waals surface area contributed by atoms with Gasteiger partial charge in [0.05, 0.1) is 18.5 Å². The molecule has 1 aromatic rings. The van der Waals surface area contributed by atoms with E-state index in [0.717, 1.165) is 4.90 Å². The summed E-state index contributed by atoms with van der Waals surface area (Å²) < 4.78 is 42.4. The molecule has 0 spiro atoms. The largest absolute Gasteiger partial charge is 0.462 e. The minimum atomic E-state index is -4.40. The lowest BCUT2D eigenvalue weighted by Crippen LogP contribution is -2.35. The van der Waals surface area contributed by atoms with Crippen LogP contribution < -0.4 is 10.6 Å². The zero-order valence-corrected chi connectivity index (χ0v) is 11.2. The Labute approximate surface area is 114 Å².